The van der Waals surface area contributed by atoms with Crippen molar-refractivity contribution >= 4 is 17.3 Å². The summed E-state index contributed by atoms with van der Waals surface area (Å²) in [5.74, 6) is -0.560. The normalized spacial score (nSPS) is 11.2. The van der Waals surface area contributed by atoms with Crippen molar-refractivity contribution in [2.24, 2.45) is 0 Å². The molecule has 1 unspecified atom stereocenters. The Morgan fingerprint density at radius 2 is 2.15 bits per heavy atom. The molecule has 0 saturated carbocycles. The van der Waals surface area contributed by atoms with Crippen molar-refractivity contribution in [1.82, 2.24) is 0 Å². The Kier molecular flexibility index (Phi) is 10.7. The standard InChI is InChI=1S/C6H10O5S.Na.H/c1-5(2)6(7)10-3-4-11-12(8)9;;/h1,3-4H2,2H3,(H,8,9);;/q;+1;-1/p-1. The number of hydrogen-bond acceptors (Lipinski definition) is 5. The molecule has 0 aliphatic rings. The molecule has 13 heavy (non-hydrogen) atoms. The van der Waals surface area contributed by atoms with E-state index in [0.29, 0.717) is 0 Å². The van der Waals surface area contributed by atoms with Gasteiger partial charge in [-0.05, 0) is 6.92 Å². The van der Waals surface area contributed by atoms with Crippen LogP contribution in [-0.4, -0.2) is 27.9 Å². The van der Waals surface area contributed by atoms with Crippen LogP contribution in [0.2, 0.25) is 0 Å². The van der Waals surface area contributed by atoms with Gasteiger partial charge in [-0.1, -0.05) is 6.58 Å². The van der Waals surface area contributed by atoms with E-state index >= 15 is 0 Å². The van der Waals surface area contributed by atoms with Crippen LogP contribution in [0, 0.1) is 0 Å². The number of carbonyl (C=O) groups is 1. The topological polar surface area (TPSA) is 75.7 Å². The molecule has 0 amide bonds. The molecule has 7 heteroatoms. The third kappa shape index (κ3) is 10.2. The Hall–Kier alpha value is 0.280. The summed E-state index contributed by atoms with van der Waals surface area (Å²) in [7, 11) is 0. The molecule has 72 valence electrons. The fourth-order valence-electron chi connectivity index (χ4n) is 0.360. The zero-order chi connectivity index (χ0) is 9.56. The van der Waals surface area contributed by atoms with Crippen molar-refractivity contribution < 1.29 is 53.5 Å². The summed E-state index contributed by atoms with van der Waals surface area (Å²) >= 11 is -2.55. The van der Waals surface area contributed by atoms with E-state index in [0.717, 1.165) is 0 Å². The summed E-state index contributed by atoms with van der Waals surface area (Å²) in [6.45, 7) is 4.56. The van der Waals surface area contributed by atoms with E-state index in [4.69, 9.17) is 0 Å². The summed E-state index contributed by atoms with van der Waals surface area (Å²) in [5, 5.41) is 0. The first-order valence-electron chi connectivity index (χ1n) is 3.09. The SMILES string of the molecule is C=C(C)C(=O)OCCOS(=O)[O-].[H-].[Na+]. The third-order valence-electron chi connectivity index (χ3n) is 0.845. The first-order valence-corrected chi connectivity index (χ1v) is 4.09. The minimum atomic E-state index is -2.55. The maximum atomic E-state index is 10.7. The molecule has 1 atom stereocenters. The first kappa shape index (κ1) is 15.7. The number of esters is 1. The predicted molar refractivity (Wildman–Crippen MR) is 41.8 cm³/mol. The monoisotopic (exact) mass is 217 g/mol. The Labute approximate surface area is 103 Å². The number of rotatable bonds is 5. The molecule has 0 aromatic carbocycles. The molecule has 0 bridgehead atoms. The van der Waals surface area contributed by atoms with Gasteiger partial charge in [0.25, 0.3) is 0 Å². The van der Waals surface area contributed by atoms with Gasteiger partial charge in [0, 0.05) is 5.57 Å². The molecule has 0 aliphatic heterocycles. The molecular formula is C6H10NaO5S-. The summed E-state index contributed by atoms with van der Waals surface area (Å²) in [5.41, 5.74) is 0.262. The van der Waals surface area contributed by atoms with E-state index in [1.807, 2.05) is 0 Å². The largest absolute Gasteiger partial charge is 1.00 e. The van der Waals surface area contributed by atoms with Crippen LogP contribution in [-0.2, 0) is 25.1 Å². The Morgan fingerprint density at radius 3 is 2.54 bits per heavy atom. The Morgan fingerprint density at radius 1 is 1.62 bits per heavy atom. The van der Waals surface area contributed by atoms with E-state index in [1.165, 1.54) is 6.92 Å². The fourth-order valence-corrected chi connectivity index (χ4v) is 0.564. The molecule has 0 radical (unpaired) electrons. The molecule has 0 aromatic heterocycles. The van der Waals surface area contributed by atoms with Crippen LogP contribution in [0.1, 0.15) is 8.35 Å². The maximum Gasteiger partial charge on any atom is 1.00 e. The minimum absolute atomic E-state index is 0. The quantitative estimate of drug-likeness (QED) is 0.162. The molecule has 0 N–H and O–H groups in total. The Bertz CT molecular complexity index is 210. The second-order valence-corrected chi connectivity index (χ2v) is 2.59. The number of hydrogen-bond donors (Lipinski definition) is 0. The van der Waals surface area contributed by atoms with Crippen molar-refractivity contribution in [3.8, 4) is 0 Å². The van der Waals surface area contributed by atoms with Gasteiger partial charge in [0.2, 0.25) is 0 Å². The molecule has 0 rings (SSSR count). The van der Waals surface area contributed by atoms with E-state index in [-0.39, 0.29) is 49.8 Å². The molecule has 0 heterocycles. The van der Waals surface area contributed by atoms with E-state index < -0.39 is 17.3 Å². The molecular weight excluding hydrogens is 207 g/mol. The summed E-state index contributed by atoms with van der Waals surface area (Å²) in [6.07, 6.45) is 0. The fraction of sp³-hybridized carbons (Fsp3) is 0.500. The van der Waals surface area contributed by atoms with Gasteiger partial charge in [-0.3, -0.25) is 4.18 Å². The van der Waals surface area contributed by atoms with Crippen molar-refractivity contribution in [2.75, 3.05) is 13.2 Å². The van der Waals surface area contributed by atoms with Gasteiger partial charge in [-0.15, -0.1) is 0 Å². The van der Waals surface area contributed by atoms with Crippen molar-refractivity contribution in [2.45, 2.75) is 6.92 Å². The van der Waals surface area contributed by atoms with Gasteiger partial charge in [0.15, 0.2) is 0 Å². The van der Waals surface area contributed by atoms with Gasteiger partial charge in [0.1, 0.15) is 6.61 Å². The maximum absolute atomic E-state index is 10.7. The third-order valence-corrected chi connectivity index (χ3v) is 1.20. The minimum Gasteiger partial charge on any atom is -1.00 e. The van der Waals surface area contributed by atoms with Crippen LogP contribution in [0.3, 0.4) is 0 Å². The molecule has 0 spiro atoms. The first-order chi connectivity index (χ1) is 5.54. The zero-order valence-electron chi connectivity index (χ0n) is 8.57. The zero-order valence-corrected chi connectivity index (χ0v) is 10.4. The second kappa shape index (κ2) is 8.86. The number of carbonyl (C=O) groups excluding carboxylic acids is 1. The van der Waals surface area contributed by atoms with Gasteiger partial charge < -0.3 is 10.7 Å². The summed E-state index contributed by atoms with van der Waals surface area (Å²) < 4.78 is 28.2. The second-order valence-electron chi connectivity index (χ2n) is 1.94. The van der Waals surface area contributed by atoms with Crippen molar-refractivity contribution in [3.05, 3.63) is 12.2 Å². The average Bonchev–Trinajstić information content (AvgIpc) is 1.97. The smallest absolute Gasteiger partial charge is 1.00 e. The van der Waals surface area contributed by atoms with Crippen LogP contribution < -0.4 is 29.6 Å². The molecule has 0 aliphatic carbocycles. The molecule has 0 fully saturated rings. The van der Waals surface area contributed by atoms with Gasteiger partial charge >= 0.3 is 35.5 Å². The number of ether oxygens (including phenoxy) is 1. The molecule has 0 aromatic rings. The Balaban J connectivity index is -0.000000605. The summed E-state index contributed by atoms with van der Waals surface area (Å²) in [6, 6.07) is 0. The average molecular weight is 217 g/mol. The van der Waals surface area contributed by atoms with Crippen LogP contribution in [0.4, 0.5) is 0 Å². The van der Waals surface area contributed by atoms with Gasteiger partial charge in [-0.25, -0.2) is 9.00 Å². The van der Waals surface area contributed by atoms with Crippen LogP contribution in [0.15, 0.2) is 12.2 Å². The van der Waals surface area contributed by atoms with E-state index in [9.17, 15) is 13.6 Å². The van der Waals surface area contributed by atoms with Crippen LogP contribution in [0.25, 0.3) is 0 Å². The predicted octanol–water partition coefficient (Wildman–Crippen LogP) is -2.97. The molecule has 0 saturated heterocycles. The van der Waals surface area contributed by atoms with Crippen LogP contribution in [0.5, 0.6) is 0 Å². The van der Waals surface area contributed by atoms with Gasteiger partial charge in [0.05, 0.1) is 18.0 Å². The van der Waals surface area contributed by atoms with E-state index in [1.54, 1.807) is 0 Å². The molecule has 5 nitrogen and oxygen atoms in total. The van der Waals surface area contributed by atoms with Gasteiger partial charge in [-0.2, -0.15) is 0 Å². The van der Waals surface area contributed by atoms with E-state index in [2.05, 4.69) is 15.5 Å². The summed E-state index contributed by atoms with van der Waals surface area (Å²) in [4.78, 5) is 10.7. The van der Waals surface area contributed by atoms with Crippen molar-refractivity contribution in [1.29, 1.82) is 0 Å². The van der Waals surface area contributed by atoms with Crippen LogP contribution >= 0.6 is 0 Å². The van der Waals surface area contributed by atoms with Crippen molar-refractivity contribution in [3.63, 3.8) is 0 Å².